The first-order valence-electron chi connectivity index (χ1n) is 4.88. The van der Waals surface area contributed by atoms with Crippen LogP contribution in [0.1, 0.15) is 30.9 Å². The molecule has 1 atom stereocenters. The van der Waals surface area contributed by atoms with Gasteiger partial charge in [-0.1, -0.05) is 6.08 Å². The summed E-state index contributed by atoms with van der Waals surface area (Å²) in [6.07, 6.45) is 2.96. The Morgan fingerprint density at radius 3 is 2.40 bits per heavy atom. The molecule has 0 aromatic heterocycles. The molecule has 1 rings (SSSR count). The lowest BCUT2D eigenvalue weighted by atomic mass is 10.0. The van der Waals surface area contributed by atoms with Crippen LogP contribution in [0.2, 0.25) is 0 Å². The van der Waals surface area contributed by atoms with Gasteiger partial charge in [0.25, 0.3) is 0 Å². The second-order valence-electron chi connectivity index (χ2n) is 3.44. The maximum absolute atomic E-state index is 12.8. The minimum Gasteiger partial charge on any atom is -0.388 e. The molecule has 1 aromatic rings. The molecule has 15 heavy (non-hydrogen) atoms. The van der Waals surface area contributed by atoms with Crippen molar-refractivity contribution in [3.8, 4) is 0 Å². The van der Waals surface area contributed by atoms with E-state index in [1.54, 1.807) is 6.08 Å². The highest BCUT2D eigenvalue weighted by molar-refractivity contribution is 5.20. The molecule has 0 aliphatic carbocycles. The van der Waals surface area contributed by atoms with Gasteiger partial charge in [0.15, 0.2) is 0 Å². The van der Waals surface area contributed by atoms with Crippen LogP contribution in [0.5, 0.6) is 0 Å². The van der Waals surface area contributed by atoms with Gasteiger partial charge in [0.1, 0.15) is 11.6 Å². The predicted molar refractivity (Wildman–Crippen MR) is 55.4 cm³/mol. The molecule has 82 valence electrons. The Hall–Kier alpha value is -1.22. The van der Waals surface area contributed by atoms with E-state index in [9.17, 15) is 13.9 Å². The minimum atomic E-state index is -0.810. The van der Waals surface area contributed by atoms with Gasteiger partial charge in [-0.05, 0) is 37.0 Å². The number of aliphatic hydroxyl groups is 1. The number of benzene rings is 1. The van der Waals surface area contributed by atoms with E-state index in [4.69, 9.17) is 0 Å². The van der Waals surface area contributed by atoms with E-state index >= 15 is 0 Å². The van der Waals surface area contributed by atoms with E-state index in [0.29, 0.717) is 6.42 Å². The lowest BCUT2D eigenvalue weighted by molar-refractivity contribution is 0.164. The summed E-state index contributed by atoms with van der Waals surface area (Å²) in [7, 11) is 0. The third kappa shape index (κ3) is 3.80. The zero-order valence-corrected chi connectivity index (χ0v) is 8.42. The largest absolute Gasteiger partial charge is 0.388 e. The first-order valence-corrected chi connectivity index (χ1v) is 4.88. The average Bonchev–Trinajstić information content (AvgIpc) is 2.16. The van der Waals surface area contributed by atoms with Gasteiger partial charge in [0.2, 0.25) is 0 Å². The van der Waals surface area contributed by atoms with Crippen molar-refractivity contribution in [3.63, 3.8) is 0 Å². The highest BCUT2D eigenvalue weighted by atomic mass is 19.1. The Morgan fingerprint density at radius 2 is 1.87 bits per heavy atom. The molecule has 1 aromatic carbocycles. The predicted octanol–water partition coefficient (Wildman–Crippen LogP) is 3.35. The third-order valence-corrected chi connectivity index (χ3v) is 2.16. The Kier molecular flexibility index (Phi) is 4.43. The molecule has 1 N–H and O–H groups in total. The van der Waals surface area contributed by atoms with Crippen molar-refractivity contribution < 1.29 is 13.9 Å². The summed E-state index contributed by atoms with van der Waals surface area (Å²) in [6, 6.07) is 3.10. The van der Waals surface area contributed by atoms with E-state index in [1.165, 1.54) is 0 Å². The van der Waals surface area contributed by atoms with E-state index in [-0.39, 0.29) is 5.56 Å². The Bertz CT molecular complexity index is 316. The number of allylic oxidation sites excluding steroid dienone is 1. The summed E-state index contributed by atoms with van der Waals surface area (Å²) >= 11 is 0. The van der Waals surface area contributed by atoms with Crippen LogP contribution in [0.4, 0.5) is 8.78 Å². The molecular weight excluding hydrogens is 198 g/mol. The summed E-state index contributed by atoms with van der Waals surface area (Å²) in [5.41, 5.74) is 0.288. The number of rotatable bonds is 5. The number of aliphatic hydroxyl groups excluding tert-OH is 1. The van der Waals surface area contributed by atoms with Gasteiger partial charge in [-0.3, -0.25) is 0 Å². The molecule has 3 heteroatoms. The van der Waals surface area contributed by atoms with Crippen LogP contribution in [0.3, 0.4) is 0 Å². The van der Waals surface area contributed by atoms with Gasteiger partial charge in [0, 0.05) is 6.07 Å². The van der Waals surface area contributed by atoms with Gasteiger partial charge >= 0.3 is 0 Å². The highest BCUT2D eigenvalue weighted by Gasteiger charge is 2.09. The molecule has 0 aliphatic heterocycles. The van der Waals surface area contributed by atoms with Gasteiger partial charge < -0.3 is 5.11 Å². The van der Waals surface area contributed by atoms with Gasteiger partial charge in [-0.25, -0.2) is 8.78 Å². The van der Waals surface area contributed by atoms with Crippen molar-refractivity contribution in [2.75, 3.05) is 0 Å². The topological polar surface area (TPSA) is 20.2 Å². The average molecular weight is 212 g/mol. The first kappa shape index (κ1) is 11.9. The molecular formula is C12H14F2O. The fraction of sp³-hybridized carbons (Fsp3) is 0.333. The molecule has 0 spiro atoms. The fourth-order valence-electron chi connectivity index (χ4n) is 1.39. The second-order valence-corrected chi connectivity index (χ2v) is 3.44. The second kappa shape index (κ2) is 5.61. The monoisotopic (exact) mass is 212 g/mol. The smallest absolute Gasteiger partial charge is 0.126 e. The molecule has 0 amide bonds. The van der Waals surface area contributed by atoms with Crippen LogP contribution >= 0.6 is 0 Å². The summed E-state index contributed by atoms with van der Waals surface area (Å²) in [6.45, 7) is 3.56. The van der Waals surface area contributed by atoms with Crippen LogP contribution in [-0.4, -0.2) is 5.11 Å². The van der Waals surface area contributed by atoms with Gasteiger partial charge in [-0.2, -0.15) is 0 Å². The zero-order chi connectivity index (χ0) is 11.3. The van der Waals surface area contributed by atoms with E-state index in [1.807, 2.05) is 0 Å². The quantitative estimate of drug-likeness (QED) is 0.586. The number of unbranched alkanes of at least 4 members (excludes halogenated alkanes) is 1. The molecule has 1 unspecified atom stereocenters. The van der Waals surface area contributed by atoms with E-state index in [0.717, 1.165) is 31.0 Å². The molecule has 0 aliphatic rings. The van der Waals surface area contributed by atoms with Crippen LogP contribution < -0.4 is 0 Å². The highest BCUT2D eigenvalue weighted by Crippen LogP contribution is 2.21. The van der Waals surface area contributed by atoms with Crippen LogP contribution in [-0.2, 0) is 0 Å². The van der Waals surface area contributed by atoms with E-state index < -0.39 is 17.7 Å². The lowest BCUT2D eigenvalue weighted by Crippen LogP contribution is -1.99. The first-order chi connectivity index (χ1) is 7.13. The Balaban J connectivity index is 2.64. The molecule has 1 nitrogen and oxygen atoms in total. The molecule has 0 bridgehead atoms. The summed E-state index contributed by atoms with van der Waals surface area (Å²) in [5.74, 6) is -1.32. The van der Waals surface area contributed by atoms with E-state index in [2.05, 4.69) is 6.58 Å². The zero-order valence-electron chi connectivity index (χ0n) is 8.42. The molecule has 0 heterocycles. The number of halogens is 2. The molecule has 0 saturated heterocycles. The summed E-state index contributed by atoms with van der Waals surface area (Å²) < 4.78 is 25.6. The number of hydrogen-bond acceptors (Lipinski definition) is 1. The normalized spacial score (nSPS) is 12.5. The van der Waals surface area contributed by atoms with Crippen molar-refractivity contribution in [1.82, 2.24) is 0 Å². The van der Waals surface area contributed by atoms with Gasteiger partial charge in [-0.15, -0.1) is 6.58 Å². The van der Waals surface area contributed by atoms with Crippen molar-refractivity contribution in [2.45, 2.75) is 25.4 Å². The summed E-state index contributed by atoms with van der Waals surface area (Å²) in [5, 5.41) is 9.63. The van der Waals surface area contributed by atoms with Crippen molar-refractivity contribution in [2.24, 2.45) is 0 Å². The van der Waals surface area contributed by atoms with Crippen molar-refractivity contribution in [1.29, 1.82) is 0 Å². The SMILES string of the molecule is C=CCCCC(O)c1cc(F)cc(F)c1. The van der Waals surface area contributed by atoms with Crippen LogP contribution in [0.15, 0.2) is 30.9 Å². The van der Waals surface area contributed by atoms with Crippen molar-refractivity contribution >= 4 is 0 Å². The van der Waals surface area contributed by atoms with Crippen LogP contribution in [0.25, 0.3) is 0 Å². The fourth-order valence-corrected chi connectivity index (χ4v) is 1.39. The standard InChI is InChI=1S/C12H14F2O/c1-2-3-4-5-12(15)9-6-10(13)8-11(14)7-9/h2,6-8,12,15H,1,3-5H2. The molecule has 0 radical (unpaired) electrons. The Morgan fingerprint density at radius 1 is 1.27 bits per heavy atom. The molecule has 0 fully saturated rings. The maximum Gasteiger partial charge on any atom is 0.126 e. The molecule has 0 saturated carbocycles. The third-order valence-electron chi connectivity index (χ3n) is 2.16. The van der Waals surface area contributed by atoms with Crippen LogP contribution in [0, 0.1) is 11.6 Å². The maximum atomic E-state index is 12.8. The Labute approximate surface area is 88.1 Å². The number of hydrogen-bond donors (Lipinski definition) is 1. The summed E-state index contributed by atoms with van der Waals surface area (Å²) in [4.78, 5) is 0. The van der Waals surface area contributed by atoms with Gasteiger partial charge in [0.05, 0.1) is 6.10 Å². The minimum absolute atomic E-state index is 0.288. The van der Waals surface area contributed by atoms with Crippen molar-refractivity contribution in [3.05, 3.63) is 48.1 Å². The lowest BCUT2D eigenvalue weighted by Gasteiger charge is -2.10.